The molecule has 0 unspecified atom stereocenters. The molecular weight excluding hydrogens is 284 g/mol. The van der Waals surface area contributed by atoms with Crippen LogP contribution < -0.4 is 5.32 Å². The topological polar surface area (TPSA) is 86.6 Å². The van der Waals surface area contributed by atoms with Crippen LogP contribution >= 0.6 is 0 Å². The Balaban J connectivity index is 2.25. The quantitative estimate of drug-likeness (QED) is 0.759. The average Bonchev–Trinajstić information content (AvgIpc) is 2.43. The summed E-state index contributed by atoms with van der Waals surface area (Å²) in [5.74, 6) is -4.80. The van der Waals surface area contributed by atoms with Crippen LogP contribution in [0.2, 0.25) is 0 Å². The summed E-state index contributed by atoms with van der Waals surface area (Å²) < 4.78 is 25.8. The van der Waals surface area contributed by atoms with Gasteiger partial charge in [0.25, 0.3) is 5.91 Å². The summed E-state index contributed by atoms with van der Waals surface area (Å²) in [6.45, 7) is 0. The monoisotopic (exact) mass is 293 g/mol. The molecular formula is C14H9F2NO4. The van der Waals surface area contributed by atoms with Gasteiger partial charge in [-0.2, -0.15) is 0 Å². The van der Waals surface area contributed by atoms with E-state index in [9.17, 15) is 23.5 Å². The van der Waals surface area contributed by atoms with Crippen molar-refractivity contribution in [2.24, 2.45) is 0 Å². The number of anilines is 1. The zero-order valence-electron chi connectivity index (χ0n) is 10.4. The summed E-state index contributed by atoms with van der Waals surface area (Å²) in [7, 11) is 0. The van der Waals surface area contributed by atoms with Crippen LogP contribution in [0.4, 0.5) is 14.5 Å². The van der Waals surface area contributed by atoms with E-state index < -0.39 is 34.8 Å². The highest BCUT2D eigenvalue weighted by Gasteiger charge is 2.13. The van der Waals surface area contributed by atoms with Gasteiger partial charge in [0, 0.05) is 11.3 Å². The Morgan fingerprint density at radius 1 is 1.00 bits per heavy atom. The second kappa shape index (κ2) is 5.58. The number of carbonyl (C=O) groups is 2. The molecule has 0 radical (unpaired) electrons. The van der Waals surface area contributed by atoms with Gasteiger partial charge < -0.3 is 15.5 Å². The van der Waals surface area contributed by atoms with Crippen molar-refractivity contribution in [3.63, 3.8) is 0 Å². The fourth-order valence-electron chi connectivity index (χ4n) is 1.63. The normalized spacial score (nSPS) is 10.2. The number of carboxylic acid groups (broad SMARTS) is 1. The second-order valence-corrected chi connectivity index (χ2v) is 4.12. The minimum atomic E-state index is -1.36. The maximum atomic E-state index is 13.0. The van der Waals surface area contributed by atoms with Crippen molar-refractivity contribution in [3.8, 4) is 5.75 Å². The maximum Gasteiger partial charge on any atom is 0.339 e. The summed E-state index contributed by atoms with van der Waals surface area (Å²) in [5.41, 5.74) is -0.420. The number of aromatic hydroxyl groups is 1. The summed E-state index contributed by atoms with van der Waals surface area (Å²) in [5, 5.41) is 20.5. The molecule has 0 aliphatic rings. The van der Waals surface area contributed by atoms with E-state index in [4.69, 9.17) is 5.11 Å². The van der Waals surface area contributed by atoms with Crippen LogP contribution in [0.15, 0.2) is 36.4 Å². The SMILES string of the molecule is O=C(Nc1ccc(O)c(C(=O)O)c1)c1ccc(F)c(F)c1. The number of phenols is 1. The number of nitrogens with one attached hydrogen (secondary N) is 1. The lowest BCUT2D eigenvalue weighted by molar-refractivity contribution is 0.0693. The van der Waals surface area contributed by atoms with Crippen LogP contribution in [0, 0.1) is 11.6 Å². The van der Waals surface area contributed by atoms with Crippen LogP contribution in [0.3, 0.4) is 0 Å². The van der Waals surface area contributed by atoms with E-state index in [1.807, 2.05) is 0 Å². The Morgan fingerprint density at radius 2 is 1.71 bits per heavy atom. The van der Waals surface area contributed by atoms with E-state index >= 15 is 0 Å². The first-order valence-electron chi connectivity index (χ1n) is 5.71. The molecule has 7 heteroatoms. The van der Waals surface area contributed by atoms with Gasteiger partial charge >= 0.3 is 5.97 Å². The summed E-state index contributed by atoms with van der Waals surface area (Å²) in [6, 6.07) is 6.05. The number of rotatable bonds is 3. The molecule has 108 valence electrons. The van der Waals surface area contributed by atoms with Gasteiger partial charge in [-0.3, -0.25) is 4.79 Å². The number of amides is 1. The third kappa shape index (κ3) is 3.14. The van der Waals surface area contributed by atoms with Gasteiger partial charge in [-0.25, -0.2) is 13.6 Å². The van der Waals surface area contributed by atoms with Crippen LogP contribution in [0.1, 0.15) is 20.7 Å². The molecule has 0 bridgehead atoms. The fourth-order valence-corrected chi connectivity index (χ4v) is 1.63. The summed E-state index contributed by atoms with van der Waals surface area (Å²) >= 11 is 0. The first-order chi connectivity index (χ1) is 9.88. The molecule has 0 aliphatic heterocycles. The largest absolute Gasteiger partial charge is 0.507 e. The number of hydrogen-bond acceptors (Lipinski definition) is 3. The van der Waals surface area contributed by atoms with Crippen molar-refractivity contribution in [1.29, 1.82) is 0 Å². The van der Waals surface area contributed by atoms with E-state index in [0.29, 0.717) is 0 Å². The van der Waals surface area contributed by atoms with Crippen molar-refractivity contribution in [2.45, 2.75) is 0 Å². The van der Waals surface area contributed by atoms with Gasteiger partial charge in [0.05, 0.1) is 0 Å². The lowest BCUT2D eigenvalue weighted by Gasteiger charge is -2.07. The number of carboxylic acids is 1. The van der Waals surface area contributed by atoms with Crippen LogP contribution in [-0.4, -0.2) is 22.1 Å². The van der Waals surface area contributed by atoms with Crippen molar-refractivity contribution in [1.82, 2.24) is 0 Å². The lowest BCUT2D eigenvalue weighted by Crippen LogP contribution is -2.13. The van der Waals surface area contributed by atoms with Crippen molar-refractivity contribution in [3.05, 3.63) is 59.2 Å². The van der Waals surface area contributed by atoms with Gasteiger partial charge in [0.2, 0.25) is 0 Å². The fraction of sp³-hybridized carbons (Fsp3) is 0. The number of benzene rings is 2. The molecule has 0 saturated heterocycles. The third-order valence-electron chi connectivity index (χ3n) is 2.67. The zero-order valence-corrected chi connectivity index (χ0v) is 10.4. The maximum absolute atomic E-state index is 13.0. The molecule has 2 aromatic carbocycles. The molecule has 0 spiro atoms. The Labute approximate surface area is 117 Å². The van der Waals surface area contributed by atoms with Gasteiger partial charge in [-0.15, -0.1) is 0 Å². The minimum absolute atomic E-state index is 0.0972. The van der Waals surface area contributed by atoms with Gasteiger partial charge in [-0.1, -0.05) is 0 Å². The molecule has 0 saturated carbocycles. The number of hydrogen-bond donors (Lipinski definition) is 3. The third-order valence-corrected chi connectivity index (χ3v) is 2.67. The predicted molar refractivity (Wildman–Crippen MR) is 69.4 cm³/mol. The Kier molecular flexibility index (Phi) is 3.84. The summed E-state index contributed by atoms with van der Waals surface area (Å²) in [4.78, 5) is 22.7. The van der Waals surface area contributed by atoms with Gasteiger partial charge in [0.1, 0.15) is 11.3 Å². The number of aromatic carboxylic acids is 1. The first kappa shape index (κ1) is 14.4. The first-order valence-corrected chi connectivity index (χ1v) is 5.71. The van der Waals surface area contributed by atoms with Crippen LogP contribution in [-0.2, 0) is 0 Å². The molecule has 1 amide bonds. The van der Waals surface area contributed by atoms with Crippen molar-refractivity contribution in [2.75, 3.05) is 5.32 Å². The number of halogens is 2. The number of carbonyl (C=O) groups excluding carboxylic acids is 1. The van der Waals surface area contributed by atoms with E-state index in [0.717, 1.165) is 30.3 Å². The Bertz CT molecular complexity index is 731. The molecule has 0 heterocycles. The second-order valence-electron chi connectivity index (χ2n) is 4.12. The highest BCUT2D eigenvalue weighted by atomic mass is 19.2. The van der Waals surface area contributed by atoms with Gasteiger partial charge in [0.15, 0.2) is 11.6 Å². The Hall–Kier alpha value is -2.96. The molecule has 3 N–H and O–H groups in total. The smallest absolute Gasteiger partial charge is 0.339 e. The summed E-state index contributed by atoms with van der Waals surface area (Å²) in [6.07, 6.45) is 0. The zero-order chi connectivity index (χ0) is 15.6. The van der Waals surface area contributed by atoms with E-state index in [2.05, 4.69) is 5.32 Å². The molecule has 2 aromatic rings. The predicted octanol–water partition coefficient (Wildman–Crippen LogP) is 2.62. The minimum Gasteiger partial charge on any atom is -0.507 e. The lowest BCUT2D eigenvalue weighted by atomic mass is 10.1. The van der Waals surface area contributed by atoms with Crippen LogP contribution in [0.25, 0.3) is 0 Å². The molecule has 5 nitrogen and oxygen atoms in total. The standard InChI is InChI=1S/C14H9F2NO4/c15-10-3-1-7(5-11(10)16)13(19)17-8-2-4-12(18)9(6-8)14(20)21/h1-6,18H,(H,17,19)(H,20,21). The highest BCUT2D eigenvalue weighted by Crippen LogP contribution is 2.22. The molecule has 2 rings (SSSR count). The average molecular weight is 293 g/mol. The van der Waals surface area contributed by atoms with Gasteiger partial charge in [-0.05, 0) is 36.4 Å². The Morgan fingerprint density at radius 3 is 2.33 bits per heavy atom. The molecule has 0 aromatic heterocycles. The highest BCUT2D eigenvalue weighted by molar-refractivity contribution is 6.05. The van der Waals surface area contributed by atoms with Crippen LogP contribution in [0.5, 0.6) is 5.75 Å². The van der Waals surface area contributed by atoms with E-state index in [1.165, 1.54) is 6.07 Å². The van der Waals surface area contributed by atoms with E-state index in [1.54, 1.807) is 0 Å². The molecule has 0 fully saturated rings. The van der Waals surface area contributed by atoms with E-state index in [-0.39, 0.29) is 11.3 Å². The molecule has 0 atom stereocenters. The molecule has 21 heavy (non-hydrogen) atoms. The van der Waals surface area contributed by atoms with Crippen molar-refractivity contribution >= 4 is 17.6 Å². The molecule has 0 aliphatic carbocycles. The van der Waals surface area contributed by atoms with Crippen molar-refractivity contribution < 1.29 is 28.6 Å².